The quantitative estimate of drug-likeness (QED) is 0.537. The molecule has 68 valence electrons. The van der Waals surface area contributed by atoms with Crippen molar-refractivity contribution in [2.24, 2.45) is 0 Å². The van der Waals surface area contributed by atoms with E-state index < -0.39 is 0 Å². The summed E-state index contributed by atoms with van der Waals surface area (Å²) < 4.78 is 0. The Morgan fingerprint density at radius 1 is 1.58 bits per heavy atom. The number of aliphatic hydroxyl groups is 1. The van der Waals surface area contributed by atoms with Crippen LogP contribution in [0.1, 0.15) is 19.8 Å². The van der Waals surface area contributed by atoms with Gasteiger partial charge in [-0.1, -0.05) is 0 Å². The molecule has 0 aromatic rings. The molecule has 2 unspecified atom stereocenters. The number of carbonyl (C=O) groups is 1. The summed E-state index contributed by atoms with van der Waals surface area (Å²) in [5.41, 5.74) is 0. The van der Waals surface area contributed by atoms with Gasteiger partial charge in [-0.2, -0.15) is 0 Å². The summed E-state index contributed by atoms with van der Waals surface area (Å²) >= 11 is 0. The number of rotatable bonds is 0. The van der Waals surface area contributed by atoms with Gasteiger partial charge in [-0.25, -0.2) is 5.01 Å². The highest BCUT2D eigenvalue weighted by Gasteiger charge is 2.38. The predicted molar refractivity (Wildman–Crippen MR) is 43.1 cm³/mol. The maximum atomic E-state index is 11.3. The Kier molecular flexibility index (Phi) is 1.81. The van der Waals surface area contributed by atoms with Crippen LogP contribution in [0.5, 0.6) is 0 Å². The summed E-state index contributed by atoms with van der Waals surface area (Å²) in [7, 11) is 0. The van der Waals surface area contributed by atoms with E-state index >= 15 is 0 Å². The van der Waals surface area contributed by atoms with Crippen molar-refractivity contribution in [2.45, 2.75) is 31.9 Å². The van der Waals surface area contributed by atoms with Gasteiger partial charge in [0.25, 0.3) is 0 Å². The number of carbonyl (C=O) groups excluding carboxylic acids is 1. The lowest BCUT2D eigenvalue weighted by Gasteiger charge is -2.37. The number of aliphatic hydroxyl groups excluding tert-OH is 1. The molecule has 2 rings (SSSR count). The molecular formula is C8H14N2O2. The van der Waals surface area contributed by atoms with Gasteiger partial charge in [-0.3, -0.25) is 9.80 Å². The summed E-state index contributed by atoms with van der Waals surface area (Å²) in [4.78, 5) is 11.3. The Morgan fingerprint density at radius 2 is 2.33 bits per heavy atom. The Morgan fingerprint density at radius 3 is 3.08 bits per heavy atom. The largest absolute Gasteiger partial charge is 0.392 e. The fourth-order valence-corrected chi connectivity index (χ4v) is 1.95. The molecule has 0 aromatic carbocycles. The summed E-state index contributed by atoms with van der Waals surface area (Å²) in [5.74, 6) is 0.203. The van der Waals surface area contributed by atoms with Crippen LogP contribution in [0, 0.1) is 0 Å². The van der Waals surface area contributed by atoms with Crippen LogP contribution in [0.3, 0.4) is 0 Å². The second-order valence-corrected chi connectivity index (χ2v) is 3.63. The van der Waals surface area contributed by atoms with Gasteiger partial charge in [0.2, 0.25) is 5.91 Å². The lowest BCUT2D eigenvalue weighted by atomic mass is 10.2. The second-order valence-electron chi connectivity index (χ2n) is 3.63. The maximum absolute atomic E-state index is 11.3. The summed E-state index contributed by atoms with van der Waals surface area (Å²) in [6.45, 7) is 3.33. The van der Waals surface area contributed by atoms with Crippen LogP contribution >= 0.6 is 0 Å². The van der Waals surface area contributed by atoms with Crippen molar-refractivity contribution in [3.05, 3.63) is 0 Å². The van der Waals surface area contributed by atoms with Crippen LogP contribution in [-0.4, -0.2) is 46.3 Å². The van der Waals surface area contributed by atoms with Crippen molar-refractivity contribution in [2.75, 3.05) is 13.1 Å². The molecule has 0 bridgehead atoms. The Bertz CT molecular complexity index is 207. The van der Waals surface area contributed by atoms with E-state index in [4.69, 9.17) is 0 Å². The van der Waals surface area contributed by atoms with E-state index in [-0.39, 0.29) is 18.1 Å². The minimum absolute atomic E-state index is 0.203. The normalized spacial score (nSPS) is 37.2. The van der Waals surface area contributed by atoms with E-state index in [9.17, 15) is 9.90 Å². The third-order valence-electron chi connectivity index (χ3n) is 2.65. The fourth-order valence-electron chi connectivity index (χ4n) is 1.95. The monoisotopic (exact) mass is 170 g/mol. The fraction of sp³-hybridized carbons (Fsp3) is 0.875. The third kappa shape index (κ3) is 1.11. The van der Waals surface area contributed by atoms with Gasteiger partial charge in [-0.05, 0) is 13.3 Å². The van der Waals surface area contributed by atoms with Crippen molar-refractivity contribution < 1.29 is 9.90 Å². The molecule has 4 heteroatoms. The Hall–Kier alpha value is -0.610. The van der Waals surface area contributed by atoms with Crippen molar-refractivity contribution in [3.8, 4) is 0 Å². The molecule has 1 N–H and O–H groups in total. The highest BCUT2D eigenvalue weighted by molar-refractivity contribution is 5.78. The highest BCUT2D eigenvalue weighted by Crippen LogP contribution is 2.23. The van der Waals surface area contributed by atoms with E-state index in [1.165, 1.54) is 0 Å². The van der Waals surface area contributed by atoms with Crippen molar-refractivity contribution in [1.29, 1.82) is 0 Å². The Balaban J connectivity index is 2.12. The topological polar surface area (TPSA) is 43.8 Å². The average molecular weight is 170 g/mol. The standard InChI is InChI=1S/C8H14N2O2/c1-6-4-8(12)9-3-2-7(11)5-10(6)9/h6-7,11H,2-5H2,1H3. The minimum atomic E-state index is -0.255. The third-order valence-corrected chi connectivity index (χ3v) is 2.65. The molecule has 1 amide bonds. The van der Waals surface area contributed by atoms with Crippen LogP contribution < -0.4 is 0 Å². The first kappa shape index (κ1) is 8.01. The molecule has 2 atom stereocenters. The average Bonchev–Trinajstić information content (AvgIpc) is 2.28. The predicted octanol–water partition coefficient (Wildman–Crippen LogP) is -0.411. The van der Waals surface area contributed by atoms with Crippen LogP contribution in [0.4, 0.5) is 0 Å². The molecule has 4 nitrogen and oxygen atoms in total. The zero-order valence-corrected chi connectivity index (χ0v) is 7.23. The van der Waals surface area contributed by atoms with Gasteiger partial charge in [-0.15, -0.1) is 0 Å². The lowest BCUT2D eigenvalue weighted by molar-refractivity contribution is -0.146. The van der Waals surface area contributed by atoms with Crippen molar-refractivity contribution in [3.63, 3.8) is 0 Å². The second kappa shape index (κ2) is 2.71. The Labute approximate surface area is 71.7 Å². The van der Waals surface area contributed by atoms with E-state index in [0.29, 0.717) is 19.5 Å². The summed E-state index contributed by atoms with van der Waals surface area (Å²) in [6, 6.07) is 0.271. The molecule has 2 saturated heterocycles. The number of hydrogen-bond donors (Lipinski definition) is 1. The first-order valence-corrected chi connectivity index (χ1v) is 4.43. The van der Waals surface area contributed by atoms with Gasteiger partial charge >= 0.3 is 0 Å². The first-order valence-electron chi connectivity index (χ1n) is 4.43. The molecule has 0 spiro atoms. The van der Waals surface area contributed by atoms with E-state index in [0.717, 1.165) is 6.42 Å². The molecule has 2 aliphatic rings. The molecule has 0 saturated carbocycles. The number of fused-ring (bicyclic) bond motifs is 1. The van der Waals surface area contributed by atoms with Gasteiger partial charge in [0.15, 0.2) is 0 Å². The maximum Gasteiger partial charge on any atom is 0.238 e. The number of amides is 1. The number of hydrazine groups is 1. The lowest BCUT2D eigenvalue weighted by Crippen LogP contribution is -2.51. The zero-order chi connectivity index (χ0) is 8.72. The number of nitrogens with zero attached hydrogens (tertiary/aromatic N) is 2. The summed E-state index contributed by atoms with van der Waals surface area (Å²) in [5, 5.41) is 13.1. The highest BCUT2D eigenvalue weighted by atomic mass is 16.3. The molecule has 2 fully saturated rings. The van der Waals surface area contributed by atoms with Crippen LogP contribution in [0.2, 0.25) is 0 Å². The van der Waals surface area contributed by atoms with Crippen molar-refractivity contribution >= 4 is 5.91 Å². The number of hydrogen-bond acceptors (Lipinski definition) is 3. The molecule has 2 aliphatic heterocycles. The smallest absolute Gasteiger partial charge is 0.238 e. The van der Waals surface area contributed by atoms with E-state index in [1.807, 2.05) is 11.9 Å². The molecule has 0 aromatic heterocycles. The van der Waals surface area contributed by atoms with Gasteiger partial charge in [0, 0.05) is 25.6 Å². The van der Waals surface area contributed by atoms with Crippen LogP contribution in [0.25, 0.3) is 0 Å². The van der Waals surface area contributed by atoms with Crippen LogP contribution in [0.15, 0.2) is 0 Å². The summed E-state index contributed by atoms with van der Waals surface area (Å²) in [6.07, 6.45) is 1.07. The SMILES string of the molecule is CC1CC(=O)N2CCC(O)CN12. The van der Waals surface area contributed by atoms with Crippen LogP contribution in [-0.2, 0) is 4.79 Å². The van der Waals surface area contributed by atoms with Gasteiger partial charge in [0.05, 0.1) is 6.10 Å². The molecule has 0 aliphatic carbocycles. The molecule has 12 heavy (non-hydrogen) atoms. The van der Waals surface area contributed by atoms with Crippen molar-refractivity contribution in [1.82, 2.24) is 10.0 Å². The van der Waals surface area contributed by atoms with Gasteiger partial charge < -0.3 is 5.11 Å². The van der Waals surface area contributed by atoms with E-state index in [1.54, 1.807) is 5.01 Å². The molecular weight excluding hydrogens is 156 g/mol. The first-order chi connectivity index (χ1) is 5.68. The zero-order valence-electron chi connectivity index (χ0n) is 7.23. The van der Waals surface area contributed by atoms with Gasteiger partial charge in [0.1, 0.15) is 0 Å². The van der Waals surface area contributed by atoms with E-state index in [2.05, 4.69) is 0 Å². The minimum Gasteiger partial charge on any atom is -0.392 e. The molecule has 0 radical (unpaired) electrons. The molecule has 2 heterocycles.